The molecule has 0 aromatic heterocycles. The highest BCUT2D eigenvalue weighted by Crippen LogP contribution is 2.29. The van der Waals surface area contributed by atoms with Gasteiger partial charge < -0.3 is 14.6 Å². The van der Waals surface area contributed by atoms with Gasteiger partial charge in [-0.05, 0) is 17.7 Å². The summed E-state index contributed by atoms with van der Waals surface area (Å²) in [5.74, 6) is 0.863. The summed E-state index contributed by atoms with van der Waals surface area (Å²) in [5, 5.41) is 9.39. The van der Waals surface area contributed by atoms with Crippen LogP contribution in [-0.4, -0.2) is 31.5 Å². The molecule has 1 saturated heterocycles. The van der Waals surface area contributed by atoms with E-state index in [0.717, 1.165) is 24.5 Å². The first-order valence-corrected chi connectivity index (χ1v) is 6.37. The van der Waals surface area contributed by atoms with E-state index in [1.54, 1.807) is 0 Å². The molecule has 0 spiro atoms. The topological polar surface area (TPSA) is 38.7 Å². The van der Waals surface area contributed by atoms with Crippen molar-refractivity contribution in [3.8, 4) is 5.75 Å². The maximum absolute atomic E-state index is 9.39. The highest BCUT2D eigenvalue weighted by molar-refractivity contribution is 5.33. The van der Waals surface area contributed by atoms with Crippen molar-refractivity contribution in [1.82, 2.24) is 0 Å². The Kier molecular flexibility index (Phi) is 3.64. The second kappa shape index (κ2) is 4.90. The zero-order valence-electron chi connectivity index (χ0n) is 11.4. The number of hydrogen-bond donors (Lipinski definition) is 1. The van der Waals surface area contributed by atoms with Crippen molar-refractivity contribution in [3.63, 3.8) is 0 Å². The molecule has 18 heavy (non-hydrogen) atoms. The lowest BCUT2D eigenvalue weighted by Crippen LogP contribution is -2.44. The second-order valence-corrected chi connectivity index (χ2v) is 6.16. The highest BCUT2D eigenvalue weighted by atomic mass is 16.5. The molecule has 1 fully saturated rings. The van der Waals surface area contributed by atoms with Crippen LogP contribution in [0.4, 0.5) is 0 Å². The van der Waals surface area contributed by atoms with E-state index in [2.05, 4.69) is 6.92 Å². The van der Waals surface area contributed by atoms with Crippen molar-refractivity contribution in [2.75, 3.05) is 26.4 Å². The monoisotopic (exact) mass is 250 g/mol. The predicted octanol–water partition coefficient (Wildman–Crippen LogP) is 2.37. The summed E-state index contributed by atoms with van der Waals surface area (Å²) >= 11 is 0. The first-order chi connectivity index (χ1) is 8.45. The van der Waals surface area contributed by atoms with Gasteiger partial charge in [-0.2, -0.15) is 0 Å². The fourth-order valence-corrected chi connectivity index (χ4v) is 1.89. The summed E-state index contributed by atoms with van der Waals surface area (Å²) in [4.78, 5) is 0. The van der Waals surface area contributed by atoms with Crippen molar-refractivity contribution in [2.24, 2.45) is 5.41 Å². The van der Waals surface area contributed by atoms with E-state index in [1.165, 1.54) is 0 Å². The van der Waals surface area contributed by atoms with Crippen LogP contribution in [0, 0.1) is 5.41 Å². The van der Waals surface area contributed by atoms with E-state index in [1.807, 2.05) is 38.1 Å². The van der Waals surface area contributed by atoms with E-state index in [9.17, 15) is 5.11 Å². The Hall–Kier alpha value is -1.06. The Morgan fingerprint density at radius 2 is 2.11 bits per heavy atom. The Morgan fingerprint density at radius 3 is 2.67 bits per heavy atom. The van der Waals surface area contributed by atoms with Crippen LogP contribution < -0.4 is 4.74 Å². The van der Waals surface area contributed by atoms with Crippen LogP contribution in [0.25, 0.3) is 0 Å². The molecular weight excluding hydrogens is 228 g/mol. The van der Waals surface area contributed by atoms with Crippen LogP contribution >= 0.6 is 0 Å². The van der Waals surface area contributed by atoms with Gasteiger partial charge in [-0.15, -0.1) is 0 Å². The molecular formula is C15H22O3. The lowest BCUT2D eigenvalue weighted by Gasteiger charge is -2.37. The van der Waals surface area contributed by atoms with Gasteiger partial charge in [-0.3, -0.25) is 0 Å². The SMILES string of the molecule is CC1(COc2cccc(C(C)(C)CO)c2)COC1. The summed E-state index contributed by atoms with van der Waals surface area (Å²) in [5.41, 5.74) is 1.02. The summed E-state index contributed by atoms with van der Waals surface area (Å²) in [7, 11) is 0. The quantitative estimate of drug-likeness (QED) is 0.872. The molecule has 1 aliphatic rings. The number of aliphatic hydroxyl groups is 1. The van der Waals surface area contributed by atoms with Gasteiger partial charge in [0.2, 0.25) is 0 Å². The van der Waals surface area contributed by atoms with Crippen molar-refractivity contribution in [2.45, 2.75) is 26.2 Å². The van der Waals surface area contributed by atoms with Gasteiger partial charge in [0.15, 0.2) is 0 Å². The molecule has 0 amide bonds. The molecule has 0 radical (unpaired) electrons. The minimum absolute atomic E-state index is 0.127. The Labute approximate surface area is 109 Å². The largest absolute Gasteiger partial charge is 0.493 e. The number of aliphatic hydroxyl groups excluding tert-OH is 1. The predicted molar refractivity (Wildman–Crippen MR) is 71.0 cm³/mol. The van der Waals surface area contributed by atoms with E-state index in [4.69, 9.17) is 9.47 Å². The second-order valence-electron chi connectivity index (χ2n) is 6.16. The van der Waals surface area contributed by atoms with Gasteiger partial charge in [0.05, 0.1) is 26.4 Å². The van der Waals surface area contributed by atoms with E-state index >= 15 is 0 Å². The molecule has 3 heteroatoms. The molecule has 1 N–H and O–H groups in total. The Morgan fingerprint density at radius 1 is 1.39 bits per heavy atom. The molecule has 0 atom stereocenters. The molecule has 100 valence electrons. The molecule has 0 aliphatic carbocycles. The van der Waals surface area contributed by atoms with Crippen molar-refractivity contribution in [3.05, 3.63) is 29.8 Å². The third kappa shape index (κ3) is 2.85. The maximum atomic E-state index is 9.39. The van der Waals surface area contributed by atoms with Crippen molar-refractivity contribution in [1.29, 1.82) is 0 Å². The minimum Gasteiger partial charge on any atom is -0.493 e. The first kappa shape index (κ1) is 13.4. The summed E-state index contributed by atoms with van der Waals surface area (Å²) < 4.78 is 11.0. The van der Waals surface area contributed by atoms with Crippen molar-refractivity contribution < 1.29 is 14.6 Å². The Balaban J connectivity index is 2.03. The lowest BCUT2D eigenvalue weighted by molar-refractivity contribution is -0.120. The fraction of sp³-hybridized carbons (Fsp3) is 0.600. The molecule has 1 aromatic carbocycles. The van der Waals surface area contributed by atoms with E-state index < -0.39 is 0 Å². The molecule has 1 aromatic rings. The van der Waals surface area contributed by atoms with E-state index in [0.29, 0.717) is 6.61 Å². The smallest absolute Gasteiger partial charge is 0.119 e. The van der Waals surface area contributed by atoms with Gasteiger partial charge in [-0.1, -0.05) is 32.9 Å². The number of ether oxygens (including phenoxy) is 2. The van der Waals surface area contributed by atoms with Gasteiger partial charge >= 0.3 is 0 Å². The van der Waals surface area contributed by atoms with Crippen LogP contribution in [0.15, 0.2) is 24.3 Å². The number of benzene rings is 1. The van der Waals surface area contributed by atoms with Crippen LogP contribution in [0.1, 0.15) is 26.3 Å². The van der Waals surface area contributed by atoms with E-state index in [-0.39, 0.29) is 17.4 Å². The molecule has 2 rings (SSSR count). The van der Waals surface area contributed by atoms with Gasteiger partial charge in [-0.25, -0.2) is 0 Å². The zero-order chi connectivity index (χ0) is 13.2. The standard InChI is InChI=1S/C15H22O3/c1-14(2,8-16)12-5-4-6-13(7-12)18-11-15(3)9-17-10-15/h4-7,16H,8-11H2,1-3H3. The van der Waals surface area contributed by atoms with Gasteiger partial charge in [0.1, 0.15) is 5.75 Å². The minimum atomic E-state index is -0.233. The van der Waals surface area contributed by atoms with Crippen LogP contribution in [-0.2, 0) is 10.2 Å². The normalized spacial score (nSPS) is 18.2. The van der Waals surface area contributed by atoms with Crippen LogP contribution in [0.2, 0.25) is 0 Å². The van der Waals surface area contributed by atoms with Crippen molar-refractivity contribution >= 4 is 0 Å². The zero-order valence-corrected chi connectivity index (χ0v) is 11.4. The molecule has 1 aliphatic heterocycles. The molecule has 3 nitrogen and oxygen atoms in total. The molecule has 0 unspecified atom stereocenters. The third-order valence-electron chi connectivity index (χ3n) is 3.50. The van der Waals surface area contributed by atoms with Crippen LogP contribution in [0.5, 0.6) is 5.75 Å². The summed E-state index contributed by atoms with van der Waals surface area (Å²) in [6, 6.07) is 7.97. The van der Waals surface area contributed by atoms with Gasteiger partial charge in [0.25, 0.3) is 0 Å². The highest BCUT2D eigenvalue weighted by Gasteiger charge is 2.34. The lowest BCUT2D eigenvalue weighted by atomic mass is 9.85. The Bertz CT molecular complexity index is 408. The molecule has 0 bridgehead atoms. The molecule has 1 heterocycles. The van der Waals surface area contributed by atoms with Gasteiger partial charge in [0, 0.05) is 10.8 Å². The third-order valence-corrected chi connectivity index (χ3v) is 3.50. The number of rotatable bonds is 5. The summed E-state index contributed by atoms with van der Waals surface area (Å²) in [6.45, 7) is 8.56. The van der Waals surface area contributed by atoms with Crippen LogP contribution in [0.3, 0.4) is 0 Å². The molecule has 0 saturated carbocycles. The summed E-state index contributed by atoms with van der Waals surface area (Å²) in [6.07, 6.45) is 0. The fourth-order valence-electron chi connectivity index (χ4n) is 1.89. The average molecular weight is 250 g/mol. The first-order valence-electron chi connectivity index (χ1n) is 6.37. The average Bonchev–Trinajstić information content (AvgIpc) is 2.34. The number of hydrogen-bond acceptors (Lipinski definition) is 3. The maximum Gasteiger partial charge on any atom is 0.119 e.